The van der Waals surface area contributed by atoms with Crippen LogP contribution < -0.4 is 4.74 Å². The number of hydrogen-bond donors (Lipinski definition) is 1. The van der Waals surface area contributed by atoms with Gasteiger partial charge in [-0.3, -0.25) is 4.79 Å². The third kappa shape index (κ3) is 4.45. The maximum atomic E-state index is 11.9. The molecule has 5 heteroatoms. The van der Waals surface area contributed by atoms with Crippen LogP contribution in [0, 0.1) is 0 Å². The molecule has 0 aliphatic heterocycles. The van der Waals surface area contributed by atoms with Gasteiger partial charge in [-0.2, -0.15) is 0 Å². The normalized spacial score (nSPS) is 10.2. The lowest BCUT2D eigenvalue weighted by Crippen LogP contribution is -2.40. The Balaban J connectivity index is 2.62. The minimum absolute atomic E-state index is 0.0952. The van der Waals surface area contributed by atoms with Crippen molar-refractivity contribution in [2.45, 2.75) is 26.3 Å². The van der Waals surface area contributed by atoms with Crippen LogP contribution in [-0.2, 0) is 4.79 Å². The van der Waals surface area contributed by atoms with Crippen LogP contribution in [0.15, 0.2) is 30.3 Å². The smallest absolute Gasteiger partial charge is 0.415 e. The van der Waals surface area contributed by atoms with Gasteiger partial charge in [-0.15, -0.1) is 0 Å². The number of carbonyl (C=O) groups is 2. The van der Waals surface area contributed by atoms with Crippen molar-refractivity contribution in [2.75, 3.05) is 6.54 Å². The molecule has 0 atom stereocenters. The molecule has 0 saturated carbocycles. The van der Waals surface area contributed by atoms with E-state index in [1.807, 2.05) is 19.9 Å². The first kappa shape index (κ1) is 14.0. The molecule has 0 aromatic heterocycles. The van der Waals surface area contributed by atoms with Gasteiger partial charge in [0.1, 0.15) is 5.75 Å². The Morgan fingerprint density at radius 1 is 1.28 bits per heavy atom. The van der Waals surface area contributed by atoms with Crippen LogP contribution in [0.4, 0.5) is 4.79 Å². The van der Waals surface area contributed by atoms with Crippen molar-refractivity contribution in [3.63, 3.8) is 0 Å². The molecule has 18 heavy (non-hydrogen) atoms. The van der Waals surface area contributed by atoms with Gasteiger partial charge < -0.3 is 14.7 Å². The van der Waals surface area contributed by atoms with Crippen molar-refractivity contribution in [3.8, 4) is 5.75 Å². The molecule has 98 valence electrons. The molecule has 0 radical (unpaired) electrons. The SMILES string of the molecule is CC(C)N(CCC(=O)O)C(=O)Oc1ccccc1. The molecule has 0 saturated heterocycles. The van der Waals surface area contributed by atoms with Crippen molar-refractivity contribution >= 4 is 12.1 Å². The average molecular weight is 251 g/mol. The maximum Gasteiger partial charge on any atom is 0.415 e. The van der Waals surface area contributed by atoms with Crippen LogP contribution in [0.2, 0.25) is 0 Å². The van der Waals surface area contributed by atoms with E-state index in [2.05, 4.69) is 0 Å². The zero-order valence-electron chi connectivity index (χ0n) is 10.5. The summed E-state index contributed by atoms with van der Waals surface area (Å²) in [5.74, 6) is -0.489. The van der Waals surface area contributed by atoms with Gasteiger partial charge in [0.15, 0.2) is 0 Å². The number of nitrogens with zero attached hydrogens (tertiary/aromatic N) is 1. The Hall–Kier alpha value is -2.04. The Kier molecular flexibility index (Phi) is 5.17. The molecule has 5 nitrogen and oxygen atoms in total. The predicted octanol–water partition coefficient (Wildman–Crippen LogP) is 2.37. The summed E-state index contributed by atoms with van der Waals surface area (Å²) in [6.45, 7) is 3.76. The number of rotatable bonds is 5. The lowest BCUT2D eigenvalue weighted by molar-refractivity contribution is -0.137. The molecule has 0 bridgehead atoms. The van der Waals surface area contributed by atoms with Crippen molar-refractivity contribution in [1.29, 1.82) is 0 Å². The van der Waals surface area contributed by atoms with E-state index in [0.29, 0.717) is 5.75 Å². The van der Waals surface area contributed by atoms with Crippen LogP contribution in [0.3, 0.4) is 0 Å². The standard InChI is InChI=1S/C13H17NO4/c1-10(2)14(9-8-12(15)16)13(17)18-11-6-4-3-5-7-11/h3-7,10H,8-9H2,1-2H3,(H,15,16). The van der Waals surface area contributed by atoms with Gasteiger partial charge in [0.2, 0.25) is 0 Å². The van der Waals surface area contributed by atoms with E-state index in [-0.39, 0.29) is 19.0 Å². The largest absolute Gasteiger partial charge is 0.481 e. The fourth-order valence-electron chi connectivity index (χ4n) is 1.42. The number of ether oxygens (including phenoxy) is 1. The Bertz CT molecular complexity index is 403. The first-order valence-electron chi connectivity index (χ1n) is 5.76. The summed E-state index contributed by atoms with van der Waals surface area (Å²) in [4.78, 5) is 23.8. The summed E-state index contributed by atoms with van der Waals surface area (Å²) >= 11 is 0. The zero-order valence-corrected chi connectivity index (χ0v) is 10.5. The van der Waals surface area contributed by atoms with E-state index >= 15 is 0 Å². The van der Waals surface area contributed by atoms with Crippen molar-refractivity contribution in [2.24, 2.45) is 0 Å². The summed E-state index contributed by atoms with van der Waals surface area (Å²) in [5, 5.41) is 8.64. The van der Waals surface area contributed by atoms with Crippen LogP contribution in [0.25, 0.3) is 0 Å². The van der Waals surface area contributed by atoms with Crippen molar-refractivity contribution in [1.82, 2.24) is 4.90 Å². The van der Waals surface area contributed by atoms with E-state index in [1.165, 1.54) is 4.90 Å². The highest BCUT2D eigenvalue weighted by Crippen LogP contribution is 2.12. The maximum absolute atomic E-state index is 11.9. The number of para-hydroxylation sites is 1. The first-order chi connectivity index (χ1) is 8.50. The highest BCUT2D eigenvalue weighted by molar-refractivity contribution is 5.72. The van der Waals surface area contributed by atoms with Crippen molar-refractivity contribution in [3.05, 3.63) is 30.3 Å². The minimum atomic E-state index is -0.937. The van der Waals surface area contributed by atoms with Crippen molar-refractivity contribution < 1.29 is 19.4 Å². The van der Waals surface area contributed by atoms with Crippen LogP contribution in [-0.4, -0.2) is 34.7 Å². The third-order valence-corrected chi connectivity index (χ3v) is 2.37. The molecule has 1 N–H and O–H groups in total. The molecule has 1 aromatic carbocycles. The second-order valence-corrected chi connectivity index (χ2v) is 4.11. The Labute approximate surface area is 106 Å². The van der Waals surface area contributed by atoms with Gasteiger partial charge in [0.05, 0.1) is 6.42 Å². The molecule has 0 heterocycles. The number of carbonyl (C=O) groups excluding carboxylic acids is 1. The van der Waals surface area contributed by atoms with E-state index in [0.717, 1.165) is 0 Å². The molecule has 0 spiro atoms. The van der Waals surface area contributed by atoms with Crippen LogP contribution in [0.1, 0.15) is 20.3 Å². The number of carboxylic acid groups (broad SMARTS) is 1. The zero-order chi connectivity index (χ0) is 13.5. The first-order valence-corrected chi connectivity index (χ1v) is 5.76. The molecule has 0 aliphatic rings. The number of aliphatic carboxylic acids is 1. The number of amides is 1. The Morgan fingerprint density at radius 2 is 1.89 bits per heavy atom. The number of benzene rings is 1. The molecule has 0 fully saturated rings. The highest BCUT2D eigenvalue weighted by Gasteiger charge is 2.19. The summed E-state index contributed by atoms with van der Waals surface area (Å²) in [7, 11) is 0. The van der Waals surface area contributed by atoms with E-state index in [1.54, 1.807) is 24.3 Å². The second-order valence-electron chi connectivity index (χ2n) is 4.11. The fourth-order valence-corrected chi connectivity index (χ4v) is 1.42. The molecule has 1 rings (SSSR count). The van der Waals surface area contributed by atoms with Gasteiger partial charge in [-0.1, -0.05) is 18.2 Å². The lowest BCUT2D eigenvalue weighted by Gasteiger charge is -2.25. The summed E-state index contributed by atoms with van der Waals surface area (Å²) < 4.78 is 5.16. The van der Waals surface area contributed by atoms with E-state index in [9.17, 15) is 9.59 Å². The fraction of sp³-hybridized carbons (Fsp3) is 0.385. The topological polar surface area (TPSA) is 66.8 Å². The van der Waals surface area contributed by atoms with Gasteiger partial charge in [0, 0.05) is 12.6 Å². The van der Waals surface area contributed by atoms with E-state index in [4.69, 9.17) is 9.84 Å². The number of carboxylic acids is 1. The highest BCUT2D eigenvalue weighted by atomic mass is 16.6. The molecule has 1 amide bonds. The summed E-state index contributed by atoms with van der Waals surface area (Å²) in [6, 6.07) is 8.59. The minimum Gasteiger partial charge on any atom is -0.481 e. The van der Waals surface area contributed by atoms with Gasteiger partial charge in [-0.05, 0) is 26.0 Å². The van der Waals surface area contributed by atoms with E-state index < -0.39 is 12.1 Å². The van der Waals surface area contributed by atoms with Crippen LogP contribution in [0.5, 0.6) is 5.75 Å². The second kappa shape index (κ2) is 6.64. The van der Waals surface area contributed by atoms with Gasteiger partial charge in [-0.25, -0.2) is 4.79 Å². The lowest BCUT2D eigenvalue weighted by atomic mass is 10.3. The van der Waals surface area contributed by atoms with Gasteiger partial charge >= 0.3 is 12.1 Å². The quantitative estimate of drug-likeness (QED) is 0.872. The molecule has 0 unspecified atom stereocenters. The number of hydrogen-bond acceptors (Lipinski definition) is 3. The Morgan fingerprint density at radius 3 is 2.39 bits per heavy atom. The molecule has 1 aromatic rings. The molecule has 0 aliphatic carbocycles. The summed E-state index contributed by atoms with van der Waals surface area (Å²) in [6.07, 6.45) is -0.625. The third-order valence-electron chi connectivity index (χ3n) is 2.37. The van der Waals surface area contributed by atoms with Gasteiger partial charge in [0.25, 0.3) is 0 Å². The molecular formula is C13H17NO4. The predicted molar refractivity (Wildman–Crippen MR) is 66.6 cm³/mol. The monoisotopic (exact) mass is 251 g/mol. The molecular weight excluding hydrogens is 234 g/mol. The average Bonchev–Trinajstić information content (AvgIpc) is 2.29. The summed E-state index contributed by atoms with van der Waals surface area (Å²) in [5.41, 5.74) is 0. The van der Waals surface area contributed by atoms with Crippen LogP contribution >= 0.6 is 0 Å².